The lowest BCUT2D eigenvalue weighted by Gasteiger charge is -2.32. The lowest BCUT2D eigenvalue weighted by molar-refractivity contribution is 0.792. The molecule has 0 saturated carbocycles. The third kappa shape index (κ3) is 11.6. The molecular weight excluding hydrogens is 1560 g/mol. The van der Waals surface area contributed by atoms with Gasteiger partial charge in [0.25, 0.3) is 0 Å². The smallest absolute Gasteiger partial charge is 0.0218 e. The predicted octanol–water partition coefficient (Wildman–Crippen LogP) is 33.6. The summed E-state index contributed by atoms with van der Waals surface area (Å²) in [5, 5.41) is 23.5. The molecule has 3 aliphatic rings. The Morgan fingerprint density at radius 2 is 0.362 bits per heavy atom. The average molecular weight is 1640 g/mol. The topological polar surface area (TPSA) is 0 Å². The van der Waals surface area contributed by atoms with Crippen LogP contribution >= 0.6 is 0 Å². The summed E-state index contributed by atoms with van der Waals surface area (Å²) in [6, 6.07) is 181. The average Bonchev–Trinajstić information content (AvgIpc) is 1.51. The standard InChI is InChI=1S/C76H46.C54H36/c1-5-21-45(22-6-1)49-29-13-15-31-51(49)69-55-35-19-17-33-53(55)65(47-25-9-3-10-26-47)73-61-41-37-57-60-40-44-64-72-62(42-38-58(68(60)72)59-39-43-63(75(69)73)71(61)67(57)59)74-66(48-27-11-4-12-28-48)54-34-18-20-36-56(54)70(76(64)74)52-32-16-14-30-50(52)46-23-7-2-8-24-46;1-5-17-37(18-6-1)39-29-33-43(34-30-39)51-47-27-15-16-28-48(47)52(44-35-31-40(32-36-44)38-19-7-2-8-20-38)54-50(42-23-11-4-12-24-42)46-26-14-13-25-45(46)49(53(51)54)41-21-9-3-10-22-41/h1-44,73,75H;1-36H. The Hall–Kier alpha value is -16.6. The molecule has 602 valence electrons. The molecule has 27 rings (SSSR count). The zero-order chi connectivity index (χ0) is 85.4. The van der Waals surface area contributed by atoms with Crippen LogP contribution in [0.3, 0.4) is 0 Å². The first-order valence-corrected chi connectivity index (χ1v) is 45.5. The van der Waals surface area contributed by atoms with Crippen LogP contribution in [0.2, 0.25) is 0 Å². The molecule has 0 aliphatic heterocycles. The molecule has 2 unspecified atom stereocenters. The summed E-state index contributed by atoms with van der Waals surface area (Å²) in [7, 11) is 0. The Kier molecular flexibility index (Phi) is 17.6. The number of rotatable bonds is 12. The lowest BCUT2D eigenvalue weighted by Crippen LogP contribution is -2.38. The van der Waals surface area contributed by atoms with E-state index in [4.69, 9.17) is 0 Å². The van der Waals surface area contributed by atoms with Crippen molar-refractivity contribution in [3.05, 3.63) is 518 Å². The van der Waals surface area contributed by atoms with E-state index in [-0.39, 0.29) is 11.8 Å². The Morgan fingerprint density at radius 3 is 0.769 bits per heavy atom. The summed E-state index contributed by atoms with van der Waals surface area (Å²) >= 11 is 0. The van der Waals surface area contributed by atoms with Crippen LogP contribution in [-0.2, 0) is 0 Å². The highest BCUT2D eigenvalue weighted by Crippen LogP contribution is 2.64. The van der Waals surface area contributed by atoms with Crippen LogP contribution in [0.25, 0.3) is 231 Å². The Morgan fingerprint density at radius 1 is 0.108 bits per heavy atom. The lowest BCUT2D eigenvalue weighted by atomic mass is 9.70. The van der Waals surface area contributed by atoms with E-state index in [2.05, 4.69) is 485 Å². The van der Waals surface area contributed by atoms with Gasteiger partial charge in [-0.1, -0.05) is 485 Å². The predicted molar refractivity (Wildman–Crippen MR) is 552 cm³/mol. The van der Waals surface area contributed by atoms with Crippen molar-refractivity contribution in [2.24, 2.45) is 0 Å². The molecule has 0 fully saturated rings. The fourth-order valence-corrected chi connectivity index (χ4v) is 23.2. The molecule has 24 aromatic rings. The molecular formula is C130H82. The molecule has 24 aromatic carbocycles. The summed E-state index contributed by atoms with van der Waals surface area (Å²) in [4.78, 5) is 0. The largest absolute Gasteiger partial charge is 0.0622 e. The van der Waals surface area contributed by atoms with E-state index in [9.17, 15) is 0 Å². The third-order valence-electron chi connectivity index (χ3n) is 28.5. The summed E-state index contributed by atoms with van der Waals surface area (Å²) in [5.74, 6) is 0.209. The highest BCUT2D eigenvalue weighted by atomic mass is 14.5. The second-order valence-corrected chi connectivity index (χ2v) is 35.1. The highest BCUT2D eigenvalue weighted by Gasteiger charge is 2.44. The minimum Gasteiger partial charge on any atom is -0.0622 e. The van der Waals surface area contributed by atoms with Crippen molar-refractivity contribution in [3.63, 3.8) is 0 Å². The van der Waals surface area contributed by atoms with E-state index in [0.29, 0.717) is 0 Å². The number of benzene rings is 24. The molecule has 0 radical (unpaired) electrons. The van der Waals surface area contributed by atoms with Crippen molar-refractivity contribution in [2.45, 2.75) is 11.8 Å². The van der Waals surface area contributed by atoms with Crippen LogP contribution in [0.15, 0.2) is 485 Å². The van der Waals surface area contributed by atoms with E-state index in [1.807, 2.05) is 0 Å². The third-order valence-corrected chi connectivity index (χ3v) is 28.5. The van der Waals surface area contributed by atoms with E-state index in [1.54, 1.807) is 0 Å². The van der Waals surface area contributed by atoms with Gasteiger partial charge in [-0.2, -0.15) is 0 Å². The van der Waals surface area contributed by atoms with Crippen LogP contribution < -0.4 is 10.4 Å². The number of fused-ring (bicyclic) bond motifs is 13. The van der Waals surface area contributed by atoms with Gasteiger partial charge in [-0.05, 0) is 264 Å². The van der Waals surface area contributed by atoms with Crippen molar-refractivity contribution in [3.8, 4) is 134 Å². The van der Waals surface area contributed by atoms with Gasteiger partial charge in [0.1, 0.15) is 0 Å². The second kappa shape index (κ2) is 30.6. The first kappa shape index (κ1) is 74.8. The van der Waals surface area contributed by atoms with Gasteiger partial charge in [0.05, 0.1) is 0 Å². The Labute approximate surface area is 755 Å². The molecule has 130 heavy (non-hydrogen) atoms. The minimum atomic E-state index is 0.0970. The highest BCUT2D eigenvalue weighted by molar-refractivity contribution is 6.41. The van der Waals surface area contributed by atoms with Crippen LogP contribution in [0.4, 0.5) is 0 Å². The SMILES string of the molecule is c1ccc(-c2ccc(-c3c4ccccc4c(-c4ccc(-c5ccccc5)cc4)c4c(-c5ccccc5)c5ccccc5c(-c5ccccc5)c34)cc2)cc1.c1ccc(C2=c3ccccc3=C(c3ccccc3-c3ccccc3)C3c4ccc5c6ccc7c8c(ccc(c9ccc(c4c95)C23)c86)-c2c-7c(-c3ccccc3)c3ccccc3c2-c2ccccc2-c2ccccc2)cc1. The molecule has 0 heteroatoms. The second-order valence-electron chi connectivity index (χ2n) is 35.1. The van der Waals surface area contributed by atoms with Crippen LogP contribution in [0.5, 0.6) is 0 Å². The van der Waals surface area contributed by atoms with Gasteiger partial charge >= 0.3 is 0 Å². The van der Waals surface area contributed by atoms with Gasteiger partial charge in [-0.3, -0.25) is 0 Å². The maximum Gasteiger partial charge on any atom is 0.0218 e. The van der Waals surface area contributed by atoms with Crippen LogP contribution in [0, 0.1) is 0 Å². The van der Waals surface area contributed by atoms with E-state index in [0.717, 1.165) is 0 Å². The molecule has 3 aliphatic carbocycles. The van der Waals surface area contributed by atoms with Crippen molar-refractivity contribution < 1.29 is 0 Å². The van der Waals surface area contributed by atoms with Crippen LogP contribution in [0.1, 0.15) is 34.1 Å². The Balaban J connectivity index is 0.000000145. The van der Waals surface area contributed by atoms with Crippen molar-refractivity contribution >= 4 is 97.3 Å². The van der Waals surface area contributed by atoms with Gasteiger partial charge < -0.3 is 0 Å². The maximum atomic E-state index is 2.53. The number of hydrogen-bond acceptors (Lipinski definition) is 0. The Bertz CT molecular complexity index is 8580. The summed E-state index contributed by atoms with van der Waals surface area (Å²) in [6.45, 7) is 0. The molecule has 0 nitrogen and oxygen atoms in total. The maximum absolute atomic E-state index is 2.53. The number of hydrogen-bond donors (Lipinski definition) is 0. The molecule has 2 atom stereocenters. The van der Waals surface area contributed by atoms with Gasteiger partial charge in [0.2, 0.25) is 0 Å². The summed E-state index contributed by atoms with van der Waals surface area (Å²) in [6.07, 6.45) is 0. The monoisotopic (exact) mass is 1640 g/mol. The molecule has 0 bridgehead atoms. The molecule has 0 aromatic heterocycles. The van der Waals surface area contributed by atoms with E-state index < -0.39 is 0 Å². The molecule has 0 amide bonds. The van der Waals surface area contributed by atoms with E-state index >= 15 is 0 Å². The van der Waals surface area contributed by atoms with Crippen LogP contribution in [-0.4, -0.2) is 0 Å². The molecule has 0 spiro atoms. The van der Waals surface area contributed by atoms with Gasteiger partial charge in [0, 0.05) is 11.8 Å². The van der Waals surface area contributed by atoms with Crippen molar-refractivity contribution in [1.29, 1.82) is 0 Å². The fraction of sp³-hybridized carbons (Fsp3) is 0.0154. The molecule has 0 saturated heterocycles. The zero-order valence-electron chi connectivity index (χ0n) is 71.3. The minimum absolute atomic E-state index is 0.0970. The fourth-order valence-electron chi connectivity index (χ4n) is 23.2. The van der Waals surface area contributed by atoms with Crippen molar-refractivity contribution in [2.75, 3.05) is 0 Å². The molecule has 0 N–H and O–H groups in total. The molecule has 0 heterocycles. The first-order valence-electron chi connectivity index (χ1n) is 45.5. The van der Waals surface area contributed by atoms with E-state index in [1.165, 1.54) is 264 Å². The first-order chi connectivity index (χ1) is 64.6. The zero-order valence-corrected chi connectivity index (χ0v) is 71.3. The van der Waals surface area contributed by atoms with Gasteiger partial charge in [0.15, 0.2) is 0 Å². The summed E-state index contributed by atoms with van der Waals surface area (Å²) in [5.41, 5.74) is 38.3. The van der Waals surface area contributed by atoms with Gasteiger partial charge in [-0.25, -0.2) is 0 Å². The normalized spacial score (nSPS) is 13.5. The quantitative estimate of drug-likeness (QED) is 0.0845. The van der Waals surface area contributed by atoms with Crippen molar-refractivity contribution in [1.82, 2.24) is 0 Å². The summed E-state index contributed by atoms with van der Waals surface area (Å²) < 4.78 is 0. The van der Waals surface area contributed by atoms with Gasteiger partial charge in [-0.15, -0.1) is 0 Å².